The normalized spacial score (nSPS) is 18.1. The van der Waals surface area contributed by atoms with Crippen LogP contribution in [-0.2, 0) is 9.16 Å². The molecular formula is C44H87NO2Si. The molecule has 1 aliphatic rings. The highest BCUT2D eigenvalue weighted by Gasteiger charge is 2.37. The third-order valence-electron chi connectivity index (χ3n) is 11.1. The molecular weight excluding hydrogens is 603 g/mol. The molecule has 48 heavy (non-hydrogen) atoms. The Bertz CT molecular complexity index is 711. The van der Waals surface area contributed by atoms with Gasteiger partial charge in [-0.3, -0.25) is 4.90 Å². The first kappa shape index (κ1) is 45.6. The van der Waals surface area contributed by atoms with Crippen molar-refractivity contribution in [2.45, 2.75) is 232 Å². The van der Waals surface area contributed by atoms with Crippen LogP contribution in [0.3, 0.4) is 0 Å². The Hall–Kier alpha value is -0.423. The molecule has 3 nitrogen and oxygen atoms in total. The van der Waals surface area contributed by atoms with Gasteiger partial charge in [0.1, 0.15) is 0 Å². The maximum atomic E-state index is 6.75. The summed E-state index contributed by atoms with van der Waals surface area (Å²) < 4.78 is 13.3. The minimum absolute atomic E-state index is 0.274. The zero-order chi connectivity index (χ0) is 35.2. The largest absolute Gasteiger partial charge is 0.416 e. The summed E-state index contributed by atoms with van der Waals surface area (Å²) in [6.45, 7) is 20.5. The van der Waals surface area contributed by atoms with Gasteiger partial charge in [-0.25, -0.2) is 0 Å². The number of ether oxygens (including phenoxy) is 1. The topological polar surface area (TPSA) is 21.7 Å². The Kier molecular flexibility index (Phi) is 28.7. The molecule has 0 aromatic heterocycles. The average molecular weight is 690 g/mol. The fraction of sp³-hybridized carbons (Fsp3) is 0.909. The minimum atomic E-state index is -1.70. The second-order valence-corrected chi connectivity index (χ2v) is 21.6. The second kappa shape index (κ2) is 30.2. The maximum Gasteiger partial charge on any atom is 0.192 e. The van der Waals surface area contributed by atoms with E-state index in [0.717, 1.165) is 26.2 Å². The molecule has 4 heteroatoms. The highest BCUT2D eigenvalue weighted by Crippen LogP contribution is 2.36. The van der Waals surface area contributed by atoms with Gasteiger partial charge in [0.2, 0.25) is 0 Å². The number of unbranched alkanes of at least 4 members (excludes halogenated alkanes) is 20. The van der Waals surface area contributed by atoms with E-state index in [9.17, 15) is 0 Å². The fourth-order valence-corrected chi connectivity index (χ4v) is 7.72. The molecule has 1 aliphatic heterocycles. The first-order valence-electron chi connectivity index (χ1n) is 21.5. The molecule has 0 N–H and O–H groups in total. The summed E-state index contributed by atoms with van der Waals surface area (Å²) in [5, 5.41) is 0.274. The van der Waals surface area contributed by atoms with Gasteiger partial charge < -0.3 is 9.16 Å². The van der Waals surface area contributed by atoms with Gasteiger partial charge in [0, 0.05) is 26.2 Å². The summed E-state index contributed by atoms with van der Waals surface area (Å²) >= 11 is 0. The molecule has 0 bridgehead atoms. The Morgan fingerprint density at radius 1 is 0.562 bits per heavy atom. The maximum absolute atomic E-state index is 6.75. The Labute approximate surface area is 304 Å². The highest BCUT2D eigenvalue weighted by molar-refractivity contribution is 6.74. The Morgan fingerprint density at radius 2 is 0.917 bits per heavy atom. The van der Waals surface area contributed by atoms with Crippen LogP contribution in [-0.4, -0.2) is 51.7 Å². The summed E-state index contributed by atoms with van der Waals surface area (Å²) in [6.07, 6.45) is 45.5. The monoisotopic (exact) mass is 690 g/mol. The van der Waals surface area contributed by atoms with Crippen molar-refractivity contribution in [2.24, 2.45) is 0 Å². The average Bonchev–Trinajstić information content (AvgIpc) is 3.04. The molecule has 2 unspecified atom stereocenters. The Balaban J connectivity index is 2.31. The van der Waals surface area contributed by atoms with Gasteiger partial charge >= 0.3 is 0 Å². The van der Waals surface area contributed by atoms with E-state index >= 15 is 0 Å². The van der Waals surface area contributed by atoms with Crippen molar-refractivity contribution in [3.8, 4) is 0 Å². The fourth-order valence-electron chi connectivity index (χ4n) is 6.69. The second-order valence-electron chi connectivity index (χ2n) is 16.8. The van der Waals surface area contributed by atoms with Gasteiger partial charge in [-0.05, 0) is 82.3 Å². The van der Waals surface area contributed by atoms with Gasteiger partial charge in [0.25, 0.3) is 0 Å². The van der Waals surface area contributed by atoms with E-state index in [1.165, 1.54) is 167 Å². The van der Waals surface area contributed by atoms with Crippen LogP contribution in [0, 0.1) is 0 Å². The molecule has 0 saturated carbocycles. The minimum Gasteiger partial charge on any atom is -0.416 e. The van der Waals surface area contributed by atoms with Crippen molar-refractivity contribution in [3.05, 3.63) is 24.3 Å². The molecule has 2 atom stereocenters. The van der Waals surface area contributed by atoms with Crippen LogP contribution in [0.25, 0.3) is 0 Å². The van der Waals surface area contributed by atoms with Crippen LogP contribution in [0.4, 0.5) is 0 Å². The predicted octanol–water partition coefficient (Wildman–Crippen LogP) is 14.4. The molecule has 284 valence electrons. The van der Waals surface area contributed by atoms with Crippen LogP contribution in [0.15, 0.2) is 24.3 Å². The number of morpholine rings is 1. The standard InChI is InChI=1S/C44H87NO2Si/c1-8-10-12-14-16-18-20-22-24-26-28-30-32-34-36-42-40-45(38-39-46-48(6,7)44(3,4)5)41-43(47-42)37-35-33-31-29-27-25-23-21-19-17-15-13-11-9-2/h22-25,42-43H,8-21,26-41H2,1-7H3/b24-22-,25-23-. The number of hydrogen-bond acceptors (Lipinski definition) is 3. The molecule has 0 aromatic rings. The van der Waals surface area contributed by atoms with Gasteiger partial charge in [-0.15, -0.1) is 0 Å². The molecule has 0 aliphatic carbocycles. The molecule has 0 spiro atoms. The molecule has 0 radical (unpaired) electrons. The third kappa shape index (κ3) is 25.5. The van der Waals surface area contributed by atoms with Crippen LogP contribution in [0.5, 0.6) is 0 Å². The molecule has 0 amide bonds. The van der Waals surface area contributed by atoms with E-state index in [0.29, 0.717) is 12.2 Å². The van der Waals surface area contributed by atoms with E-state index < -0.39 is 8.32 Å². The number of rotatable bonds is 32. The van der Waals surface area contributed by atoms with Gasteiger partial charge in [-0.1, -0.05) is 162 Å². The lowest BCUT2D eigenvalue weighted by molar-refractivity contribution is -0.0937. The van der Waals surface area contributed by atoms with E-state index in [2.05, 4.69) is 76.9 Å². The lowest BCUT2D eigenvalue weighted by atomic mass is 10.0. The molecule has 1 fully saturated rings. The summed E-state index contributed by atoms with van der Waals surface area (Å²) in [5.74, 6) is 0. The smallest absolute Gasteiger partial charge is 0.192 e. The van der Waals surface area contributed by atoms with Crippen molar-refractivity contribution in [3.63, 3.8) is 0 Å². The predicted molar refractivity (Wildman–Crippen MR) is 218 cm³/mol. The summed E-state index contributed by atoms with van der Waals surface area (Å²) in [6, 6.07) is 0. The number of nitrogens with zero attached hydrogens (tertiary/aromatic N) is 1. The van der Waals surface area contributed by atoms with Crippen molar-refractivity contribution >= 4 is 8.32 Å². The highest BCUT2D eigenvalue weighted by atomic mass is 28.4. The number of hydrogen-bond donors (Lipinski definition) is 0. The molecule has 1 rings (SSSR count). The van der Waals surface area contributed by atoms with Crippen molar-refractivity contribution in [1.29, 1.82) is 0 Å². The Morgan fingerprint density at radius 3 is 1.29 bits per heavy atom. The van der Waals surface area contributed by atoms with Gasteiger partial charge in [0.15, 0.2) is 8.32 Å². The van der Waals surface area contributed by atoms with Crippen LogP contribution in [0.2, 0.25) is 18.1 Å². The SMILES string of the molecule is CCCCCCCC/C=C\CCCCCCC1CN(CCO[Si](C)(C)C(C)(C)C)CC(CCCCCC/C=C\CCCCCCCC)O1. The quantitative estimate of drug-likeness (QED) is 0.0399. The van der Waals surface area contributed by atoms with Gasteiger partial charge in [0.05, 0.1) is 12.2 Å². The van der Waals surface area contributed by atoms with Crippen molar-refractivity contribution in [1.82, 2.24) is 4.90 Å². The van der Waals surface area contributed by atoms with Crippen molar-refractivity contribution < 1.29 is 9.16 Å². The zero-order valence-electron chi connectivity index (χ0n) is 33.9. The third-order valence-corrected chi connectivity index (χ3v) is 15.6. The van der Waals surface area contributed by atoms with E-state index in [1.54, 1.807) is 0 Å². The molecule has 0 aromatic carbocycles. The molecule has 1 heterocycles. The lowest BCUT2D eigenvalue weighted by Gasteiger charge is -2.40. The van der Waals surface area contributed by atoms with E-state index in [4.69, 9.17) is 9.16 Å². The first-order valence-corrected chi connectivity index (χ1v) is 24.4. The lowest BCUT2D eigenvalue weighted by Crippen LogP contribution is -2.49. The summed E-state index contributed by atoms with van der Waals surface area (Å²) in [4.78, 5) is 2.68. The van der Waals surface area contributed by atoms with Gasteiger partial charge in [-0.2, -0.15) is 0 Å². The van der Waals surface area contributed by atoms with Crippen LogP contribution < -0.4 is 0 Å². The first-order chi connectivity index (χ1) is 23.2. The van der Waals surface area contributed by atoms with E-state index in [1.807, 2.05) is 0 Å². The number of allylic oxidation sites excluding steroid dienone is 4. The van der Waals surface area contributed by atoms with Crippen LogP contribution >= 0.6 is 0 Å². The zero-order valence-corrected chi connectivity index (χ0v) is 34.9. The van der Waals surface area contributed by atoms with E-state index in [-0.39, 0.29) is 5.04 Å². The van der Waals surface area contributed by atoms with Crippen molar-refractivity contribution in [2.75, 3.05) is 26.2 Å². The summed E-state index contributed by atoms with van der Waals surface area (Å²) in [7, 11) is -1.70. The molecule has 1 saturated heterocycles. The van der Waals surface area contributed by atoms with Crippen LogP contribution in [0.1, 0.15) is 202 Å². The summed E-state index contributed by atoms with van der Waals surface area (Å²) in [5.41, 5.74) is 0.